The molecule has 0 bridgehead atoms. The molecule has 0 spiro atoms. The van der Waals surface area contributed by atoms with E-state index in [-0.39, 0.29) is 5.82 Å². The maximum Gasteiger partial charge on any atom is 0.123 e. The van der Waals surface area contributed by atoms with Gasteiger partial charge in [-0.05, 0) is 55.7 Å². The molecular weight excluding hydrogens is 263 g/mol. The minimum atomic E-state index is -0.223. The second-order valence-electron chi connectivity index (χ2n) is 5.31. The van der Waals surface area contributed by atoms with Crippen LogP contribution >= 0.6 is 0 Å². The summed E-state index contributed by atoms with van der Waals surface area (Å²) < 4.78 is 13.2. The topological polar surface area (TPSA) is 24.9 Å². The molecule has 0 amide bonds. The second-order valence-corrected chi connectivity index (χ2v) is 5.31. The molecule has 0 unspecified atom stereocenters. The van der Waals surface area contributed by atoms with Crippen LogP contribution in [0.15, 0.2) is 37.0 Å². The molecule has 1 aromatic carbocycles. The Morgan fingerprint density at radius 1 is 1.24 bits per heavy atom. The molecule has 3 heteroatoms. The van der Waals surface area contributed by atoms with Gasteiger partial charge in [0.15, 0.2) is 0 Å². The molecule has 0 radical (unpaired) electrons. The number of hydrogen-bond acceptors (Lipinski definition) is 2. The highest BCUT2D eigenvalue weighted by molar-refractivity contribution is 5.78. The summed E-state index contributed by atoms with van der Waals surface area (Å²) in [6.07, 6.45) is 3.83. The third-order valence-corrected chi connectivity index (χ3v) is 3.43. The Labute approximate surface area is 125 Å². The lowest BCUT2D eigenvalue weighted by atomic mass is 10.0. The van der Waals surface area contributed by atoms with E-state index in [1.54, 1.807) is 6.07 Å². The van der Waals surface area contributed by atoms with Crippen LogP contribution in [-0.2, 0) is 0 Å². The van der Waals surface area contributed by atoms with E-state index in [2.05, 4.69) is 23.8 Å². The van der Waals surface area contributed by atoms with E-state index in [1.807, 2.05) is 26.1 Å². The number of aromatic nitrogens is 1. The molecule has 21 heavy (non-hydrogen) atoms. The number of anilines is 2. The first-order valence-corrected chi connectivity index (χ1v) is 7.19. The van der Waals surface area contributed by atoms with Crippen molar-refractivity contribution in [2.45, 2.75) is 33.6 Å². The van der Waals surface area contributed by atoms with Gasteiger partial charge in [0.1, 0.15) is 5.82 Å². The van der Waals surface area contributed by atoms with Crippen molar-refractivity contribution in [2.75, 3.05) is 5.32 Å². The predicted octanol–water partition coefficient (Wildman–Crippen LogP) is 5.39. The number of benzene rings is 1. The number of nitrogens with zero attached hydrogens (tertiary/aromatic N) is 1. The van der Waals surface area contributed by atoms with Gasteiger partial charge in [0.25, 0.3) is 0 Å². The third kappa shape index (κ3) is 3.69. The number of halogens is 1. The first-order chi connectivity index (χ1) is 10.0. The van der Waals surface area contributed by atoms with Crippen LogP contribution in [0.1, 0.15) is 36.6 Å². The van der Waals surface area contributed by atoms with Crippen LogP contribution in [0.25, 0.3) is 5.57 Å². The molecule has 2 nitrogen and oxygen atoms in total. The number of hydrogen-bond donors (Lipinski definition) is 1. The molecule has 0 aliphatic rings. The minimum Gasteiger partial charge on any atom is -0.355 e. The standard InChI is InChI=1S/C18H21FN2/c1-5-6-12(2)16-11-20-14(4)10-18(16)21-17-8-7-15(19)9-13(17)3/h7-11H,2,5-6H2,1,3-4H3,(H,20,21). The molecule has 2 rings (SSSR count). The third-order valence-electron chi connectivity index (χ3n) is 3.43. The molecule has 110 valence electrons. The maximum absolute atomic E-state index is 13.2. The summed E-state index contributed by atoms with van der Waals surface area (Å²) in [5.74, 6) is -0.223. The fourth-order valence-electron chi connectivity index (χ4n) is 2.29. The molecule has 1 heterocycles. The summed E-state index contributed by atoms with van der Waals surface area (Å²) in [7, 11) is 0. The highest BCUT2D eigenvalue weighted by Gasteiger charge is 2.09. The van der Waals surface area contributed by atoms with Gasteiger partial charge in [-0.3, -0.25) is 4.98 Å². The predicted molar refractivity (Wildman–Crippen MR) is 87.3 cm³/mol. The fourth-order valence-corrected chi connectivity index (χ4v) is 2.29. The van der Waals surface area contributed by atoms with Crippen LogP contribution in [-0.4, -0.2) is 4.98 Å². The lowest BCUT2D eigenvalue weighted by Gasteiger charge is -2.15. The average Bonchev–Trinajstić information content (AvgIpc) is 2.42. The maximum atomic E-state index is 13.2. The van der Waals surface area contributed by atoms with Crippen molar-refractivity contribution in [2.24, 2.45) is 0 Å². The van der Waals surface area contributed by atoms with Gasteiger partial charge in [-0.15, -0.1) is 0 Å². The number of allylic oxidation sites excluding steroid dienone is 1. The molecule has 2 aromatic rings. The Balaban J connectivity index is 2.38. The van der Waals surface area contributed by atoms with E-state index in [0.717, 1.165) is 46.6 Å². The van der Waals surface area contributed by atoms with E-state index in [1.165, 1.54) is 12.1 Å². The largest absolute Gasteiger partial charge is 0.355 e. The Hall–Kier alpha value is -2.16. The molecule has 0 atom stereocenters. The molecule has 0 aliphatic carbocycles. The Kier molecular flexibility index (Phi) is 4.73. The van der Waals surface area contributed by atoms with Crippen LogP contribution in [0.3, 0.4) is 0 Å². The van der Waals surface area contributed by atoms with Crippen LogP contribution in [0.5, 0.6) is 0 Å². The average molecular weight is 284 g/mol. The zero-order valence-electron chi connectivity index (χ0n) is 12.8. The Morgan fingerprint density at radius 3 is 2.67 bits per heavy atom. The summed E-state index contributed by atoms with van der Waals surface area (Å²) in [6, 6.07) is 6.74. The summed E-state index contributed by atoms with van der Waals surface area (Å²) in [6.45, 7) is 10.1. The van der Waals surface area contributed by atoms with Gasteiger partial charge >= 0.3 is 0 Å². The van der Waals surface area contributed by atoms with Gasteiger partial charge in [-0.1, -0.05) is 19.9 Å². The van der Waals surface area contributed by atoms with E-state index >= 15 is 0 Å². The summed E-state index contributed by atoms with van der Waals surface area (Å²) >= 11 is 0. The van der Waals surface area contributed by atoms with Crippen LogP contribution in [0, 0.1) is 19.7 Å². The van der Waals surface area contributed by atoms with Gasteiger partial charge < -0.3 is 5.32 Å². The quantitative estimate of drug-likeness (QED) is 0.795. The van der Waals surface area contributed by atoms with Gasteiger partial charge in [0.05, 0.1) is 0 Å². The van der Waals surface area contributed by atoms with E-state index < -0.39 is 0 Å². The van der Waals surface area contributed by atoms with Crippen molar-refractivity contribution in [1.82, 2.24) is 4.98 Å². The Morgan fingerprint density at radius 2 is 2.00 bits per heavy atom. The molecule has 0 aliphatic heterocycles. The van der Waals surface area contributed by atoms with Crippen LogP contribution < -0.4 is 5.32 Å². The lowest BCUT2D eigenvalue weighted by molar-refractivity contribution is 0.627. The minimum absolute atomic E-state index is 0.223. The molecule has 0 fully saturated rings. The monoisotopic (exact) mass is 284 g/mol. The number of nitrogens with one attached hydrogen (secondary N) is 1. The molecule has 1 N–H and O–H groups in total. The number of pyridine rings is 1. The Bertz CT molecular complexity index is 662. The van der Waals surface area contributed by atoms with Crippen molar-refractivity contribution in [1.29, 1.82) is 0 Å². The van der Waals surface area contributed by atoms with Crippen molar-refractivity contribution in [3.05, 3.63) is 59.7 Å². The molecular formula is C18H21FN2. The van der Waals surface area contributed by atoms with Gasteiger partial charge in [-0.25, -0.2) is 4.39 Å². The van der Waals surface area contributed by atoms with Crippen molar-refractivity contribution < 1.29 is 4.39 Å². The summed E-state index contributed by atoms with van der Waals surface area (Å²) in [5.41, 5.74) is 5.75. The van der Waals surface area contributed by atoms with Gasteiger partial charge in [0, 0.05) is 28.8 Å². The lowest BCUT2D eigenvalue weighted by Crippen LogP contribution is -2.00. The summed E-state index contributed by atoms with van der Waals surface area (Å²) in [5, 5.41) is 3.38. The SMILES string of the molecule is C=C(CCC)c1cnc(C)cc1Nc1ccc(F)cc1C. The highest BCUT2D eigenvalue weighted by Crippen LogP contribution is 2.29. The van der Waals surface area contributed by atoms with Crippen molar-refractivity contribution >= 4 is 16.9 Å². The number of rotatable bonds is 5. The zero-order valence-corrected chi connectivity index (χ0v) is 12.8. The normalized spacial score (nSPS) is 10.5. The summed E-state index contributed by atoms with van der Waals surface area (Å²) in [4.78, 5) is 4.36. The first-order valence-electron chi connectivity index (χ1n) is 7.19. The fraction of sp³-hybridized carbons (Fsp3) is 0.278. The van der Waals surface area contributed by atoms with E-state index in [0.29, 0.717) is 0 Å². The second kappa shape index (κ2) is 6.53. The number of aryl methyl sites for hydroxylation is 2. The van der Waals surface area contributed by atoms with Crippen molar-refractivity contribution in [3.63, 3.8) is 0 Å². The van der Waals surface area contributed by atoms with Crippen LogP contribution in [0.4, 0.5) is 15.8 Å². The van der Waals surface area contributed by atoms with Gasteiger partial charge in [-0.2, -0.15) is 0 Å². The zero-order chi connectivity index (χ0) is 15.4. The van der Waals surface area contributed by atoms with E-state index in [4.69, 9.17) is 0 Å². The van der Waals surface area contributed by atoms with E-state index in [9.17, 15) is 4.39 Å². The van der Waals surface area contributed by atoms with Gasteiger partial charge in [0.2, 0.25) is 0 Å². The van der Waals surface area contributed by atoms with Crippen molar-refractivity contribution in [3.8, 4) is 0 Å². The molecule has 0 saturated carbocycles. The smallest absolute Gasteiger partial charge is 0.123 e. The molecule has 0 saturated heterocycles. The van der Waals surface area contributed by atoms with Crippen LogP contribution in [0.2, 0.25) is 0 Å². The molecule has 1 aromatic heterocycles. The highest BCUT2D eigenvalue weighted by atomic mass is 19.1. The first kappa shape index (κ1) is 15.2.